The van der Waals surface area contributed by atoms with E-state index in [-0.39, 0.29) is 5.75 Å². The standard InChI is InChI=1S/C15H15F14NS/c16-10(12(18,19)20,13(21,22)23)5-2-1-3-9(4-6-31-8-30)7-11(17,14(24,25)26)15(27,28)29/h9H,1-7H2. The largest absolute Gasteiger partial charge is 0.431 e. The van der Waals surface area contributed by atoms with Gasteiger partial charge in [0, 0.05) is 12.2 Å². The number of nitrogens with zero attached hydrogens (tertiary/aromatic N) is 1. The van der Waals surface area contributed by atoms with Crippen molar-refractivity contribution in [2.75, 3.05) is 5.75 Å². The lowest BCUT2D eigenvalue weighted by Gasteiger charge is -2.33. The molecule has 0 aromatic heterocycles. The summed E-state index contributed by atoms with van der Waals surface area (Å²) in [4.78, 5) is 0. The molecule has 1 unspecified atom stereocenters. The zero-order valence-electron chi connectivity index (χ0n) is 15.2. The summed E-state index contributed by atoms with van der Waals surface area (Å²) in [5, 5.41) is 9.80. The van der Waals surface area contributed by atoms with Crippen LogP contribution >= 0.6 is 11.8 Å². The monoisotopic (exact) mass is 507 g/mol. The van der Waals surface area contributed by atoms with Crippen molar-refractivity contribution in [3.63, 3.8) is 0 Å². The van der Waals surface area contributed by atoms with E-state index < -0.39 is 80.5 Å². The lowest BCUT2D eigenvalue weighted by molar-refractivity contribution is -0.346. The lowest BCUT2D eigenvalue weighted by Crippen LogP contribution is -2.54. The van der Waals surface area contributed by atoms with Gasteiger partial charge in [-0.2, -0.15) is 57.9 Å². The van der Waals surface area contributed by atoms with Gasteiger partial charge < -0.3 is 0 Å². The first-order chi connectivity index (χ1) is 13.6. The Hall–Kier alpha value is -1.14. The summed E-state index contributed by atoms with van der Waals surface area (Å²) < 4.78 is 178. The Morgan fingerprint density at radius 1 is 0.613 bits per heavy atom. The summed E-state index contributed by atoms with van der Waals surface area (Å²) in [5.41, 5.74) is -11.3. The van der Waals surface area contributed by atoms with Crippen molar-refractivity contribution in [1.29, 1.82) is 5.26 Å². The molecule has 31 heavy (non-hydrogen) atoms. The van der Waals surface area contributed by atoms with Crippen molar-refractivity contribution >= 4 is 11.8 Å². The molecule has 1 atom stereocenters. The third-order valence-corrected chi connectivity index (χ3v) is 5.01. The molecule has 0 aromatic rings. The summed E-state index contributed by atoms with van der Waals surface area (Å²) in [6.07, 6.45) is -33.4. The van der Waals surface area contributed by atoms with Crippen molar-refractivity contribution in [3.8, 4) is 5.40 Å². The Morgan fingerprint density at radius 2 is 1.03 bits per heavy atom. The second kappa shape index (κ2) is 10.2. The molecule has 0 rings (SSSR count). The molecule has 1 nitrogen and oxygen atoms in total. The highest BCUT2D eigenvalue weighted by Crippen LogP contribution is 2.51. The fourth-order valence-corrected chi connectivity index (χ4v) is 3.20. The van der Waals surface area contributed by atoms with E-state index in [0.717, 1.165) is 0 Å². The van der Waals surface area contributed by atoms with Crippen LogP contribution in [0.4, 0.5) is 61.5 Å². The molecule has 0 spiro atoms. The van der Waals surface area contributed by atoms with Crippen LogP contribution in [0.3, 0.4) is 0 Å². The smallest absolute Gasteiger partial charge is 0.224 e. The Labute approximate surface area is 171 Å². The van der Waals surface area contributed by atoms with Crippen LogP contribution < -0.4 is 0 Å². The molecule has 0 amide bonds. The van der Waals surface area contributed by atoms with E-state index in [1.807, 2.05) is 0 Å². The molecule has 16 heteroatoms. The first-order valence-corrected chi connectivity index (χ1v) is 9.28. The van der Waals surface area contributed by atoms with Gasteiger partial charge in [-0.3, -0.25) is 0 Å². The van der Waals surface area contributed by atoms with Gasteiger partial charge in [0.15, 0.2) is 0 Å². The summed E-state index contributed by atoms with van der Waals surface area (Å²) in [6.45, 7) is 0. The topological polar surface area (TPSA) is 23.8 Å². The van der Waals surface area contributed by atoms with E-state index in [1.54, 1.807) is 0 Å². The number of halogens is 14. The first-order valence-electron chi connectivity index (χ1n) is 8.29. The number of hydrogen-bond donors (Lipinski definition) is 0. The van der Waals surface area contributed by atoms with Crippen LogP contribution in [0, 0.1) is 16.6 Å². The molecule has 0 heterocycles. The molecule has 0 saturated carbocycles. The summed E-state index contributed by atoms with van der Waals surface area (Å²) >= 11 is 0.391. The van der Waals surface area contributed by atoms with Gasteiger partial charge in [0.1, 0.15) is 5.40 Å². The molecule has 0 fully saturated rings. The molecular weight excluding hydrogens is 492 g/mol. The third-order valence-electron chi connectivity index (χ3n) is 4.44. The van der Waals surface area contributed by atoms with Gasteiger partial charge in [-0.05, 0) is 36.9 Å². The molecule has 0 saturated heterocycles. The normalized spacial score (nSPS) is 15.6. The SMILES string of the molecule is N#CSCCC(CCCCC(F)(C(F)(F)F)C(F)(F)F)CC(F)(C(F)(F)F)C(F)(F)F. The maximum Gasteiger partial charge on any atom is 0.431 e. The zero-order chi connectivity index (χ0) is 24.9. The molecule has 0 aliphatic heterocycles. The van der Waals surface area contributed by atoms with E-state index in [0.29, 0.717) is 11.8 Å². The fraction of sp³-hybridized carbons (Fsp3) is 0.933. The van der Waals surface area contributed by atoms with Crippen molar-refractivity contribution in [1.82, 2.24) is 0 Å². The number of alkyl halides is 14. The van der Waals surface area contributed by atoms with Crippen LogP contribution in [0.2, 0.25) is 0 Å². The molecule has 184 valence electrons. The second-order valence-electron chi connectivity index (χ2n) is 6.64. The van der Waals surface area contributed by atoms with Gasteiger partial charge in [0.05, 0.1) is 0 Å². The molecule has 0 aliphatic carbocycles. The maximum absolute atomic E-state index is 13.9. The highest BCUT2D eigenvalue weighted by molar-refractivity contribution is 8.03. The fourth-order valence-electron chi connectivity index (χ4n) is 2.66. The van der Waals surface area contributed by atoms with Crippen LogP contribution in [0.15, 0.2) is 0 Å². The average Bonchev–Trinajstić information content (AvgIpc) is 2.54. The summed E-state index contributed by atoms with van der Waals surface area (Å²) in [6, 6.07) is 0. The third kappa shape index (κ3) is 7.45. The number of nitriles is 1. The van der Waals surface area contributed by atoms with Crippen molar-refractivity contribution in [2.24, 2.45) is 5.92 Å². The van der Waals surface area contributed by atoms with Gasteiger partial charge in [-0.15, -0.1) is 0 Å². The summed E-state index contributed by atoms with van der Waals surface area (Å²) in [7, 11) is 0. The van der Waals surface area contributed by atoms with Crippen molar-refractivity contribution < 1.29 is 61.5 Å². The minimum absolute atomic E-state index is 0.370. The van der Waals surface area contributed by atoms with Gasteiger partial charge in [0.25, 0.3) is 11.3 Å². The molecule has 0 aromatic carbocycles. The Balaban J connectivity index is 5.38. The van der Waals surface area contributed by atoms with Gasteiger partial charge in [-0.25, -0.2) is 8.78 Å². The van der Waals surface area contributed by atoms with Gasteiger partial charge in [0.2, 0.25) is 0 Å². The predicted molar refractivity (Wildman–Crippen MR) is 81.2 cm³/mol. The van der Waals surface area contributed by atoms with Crippen LogP contribution in [-0.2, 0) is 0 Å². The Morgan fingerprint density at radius 3 is 1.39 bits per heavy atom. The van der Waals surface area contributed by atoms with E-state index >= 15 is 0 Å². The summed E-state index contributed by atoms with van der Waals surface area (Å²) in [5.74, 6) is -2.18. The lowest BCUT2D eigenvalue weighted by atomic mass is 9.85. The van der Waals surface area contributed by atoms with E-state index in [4.69, 9.17) is 5.26 Å². The Kier molecular flexibility index (Phi) is 9.83. The van der Waals surface area contributed by atoms with E-state index in [2.05, 4.69) is 0 Å². The maximum atomic E-state index is 13.9. The van der Waals surface area contributed by atoms with Crippen LogP contribution in [0.5, 0.6) is 0 Å². The second-order valence-corrected chi connectivity index (χ2v) is 7.52. The molecule has 0 radical (unpaired) electrons. The quantitative estimate of drug-likeness (QED) is 0.171. The van der Waals surface area contributed by atoms with E-state index in [9.17, 15) is 61.5 Å². The van der Waals surface area contributed by atoms with E-state index in [1.165, 1.54) is 5.40 Å². The zero-order valence-corrected chi connectivity index (χ0v) is 16.0. The van der Waals surface area contributed by atoms with Crippen LogP contribution in [-0.4, -0.2) is 41.8 Å². The predicted octanol–water partition coefficient (Wildman–Crippen LogP) is 7.82. The molecule has 0 aliphatic rings. The van der Waals surface area contributed by atoms with Crippen molar-refractivity contribution in [3.05, 3.63) is 0 Å². The van der Waals surface area contributed by atoms with Crippen LogP contribution in [0.1, 0.15) is 38.5 Å². The molecular formula is C15H15F14NS. The minimum Gasteiger partial charge on any atom is -0.224 e. The highest BCUT2D eigenvalue weighted by atomic mass is 32.2. The number of thioether (sulfide) groups is 1. The number of rotatable bonds is 10. The Bertz CT molecular complexity index is 569. The number of unbranched alkanes of at least 4 members (excludes halogenated alkanes) is 1. The van der Waals surface area contributed by atoms with Crippen molar-refractivity contribution in [2.45, 2.75) is 74.6 Å². The molecule has 0 N–H and O–H groups in total. The number of thiocyanates is 1. The first kappa shape index (κ1) is 29.9. The highest BCUT2D eigenvalue weighted by Gasteiger charge is 2.73. The average molecular weight is 507 g/mol. The van der Waals surface area contributed by atoms with Gasteiger partial charge in [-0.1, -0.05) is 12.8 Å². The molecule has 0 bridgehead atoms. The van der Waals surface area contributed by atoms with Crippen LogP contribution in [0.25, 0.3) is 0 Å². The van der Waals surface area contributed by atoms with Gasteiger partial charge >= 0.3 is 24.7 Å². The number of hydrogen-bond acceptors (Lipinski definition) is 2. The minimum atomic E-state index is -6.40.